The molecule has 2 rings (SSSR count). The molecular formula is C14H11Cl3N2O2. The second-order valence-corrected chi connectivity index (χ2v) is 5.25. The lowest BCUT2D eigenvalue weighted by molar-refractivity contribution is 0.234. The monoisotopic (exact) mass is 344 g/mol. The highest BCUT2D eigenvalue weighted by atomic mass is 35.5. The maximum atomic E-state index is 11.7. The molecule has 7 heteroatoms. The van der Waals surface area contributed by atoms with E-state index in [0.29, 0.717) is 26.5 Å². The Kier molecular flexibility index (Phi) is 5.56. The van der Waals surface area contributed by atoms with E-state index in [2.05, 4.69) is 10.6 Å². The zero-order chi connectivity index (χ0) is 15.2. The van der Waals surface area contributed by atoms with Gasteiger partial charge in [0.05, 0.1) is 10.0 Å². The summed E-state index contributed by atoms with van der Waals surface area (Å²) in [5, 5.41) is 6.57. The topological polar surface area (TPSA) is 50.4 Å². The first kappa shape index (κ1) is 15.8. The van der Waals surface area contributed by atoms with Crippen LogP contribution in [0.25, 0.3) is 0 Å². The highest BCUT2D eigenvalue weighted by Gasteiger charge is 2.04. The first-order valence-electron chi connectivity index (χ1n) is 5.93. The minimum Gasteiger partial charge on any atom is -0.473 e. The van der Waals surface area contributed by atoms with Crippen LogP contribution < -0.4 is 15.4 Å². The average molecular weight is 346 g/mol. The van der Waals surface area contributed by atoms with Crippen LogP contribution in [0.5, 0.6) is 5.75 Å². The molecule has 0 fully saturated rings. The molecular weight excluding hydrogens is 335 g/mol. The summed E-state index contributed by atoms with van der Waals surface area (Å²) in [7, 11) is 0. The molecule has 0 aliphatic heterocycles. The van der Waals surface area contributed by atoms with Crippen molar-refractivity contribution in [1.82, 2.24) is 5.32 Å². The second-order valence-electron chi connectivity index (χ2n) is 4.00. The Morgan fingerprint density at radius 1 is 1.00 bits per heavy atom. The van der Waals surface area contributed by atoms with Crippen molar-refractivity contribution in [3.63, 3.8) is 0 Å². The van der Waals surface area contributed by atoms with Gasteiger partial charge < -0.3 is 15.4 Å². The molecule has 0 atom stereocenters. The number of rotatable bonds is 4. The lowest BCUT2D eigenvalue weighted by Crippen LogP contribution is -2.31. The van der Waals surface area contributed by atoms with Gasteiger partial charge in [-0.15, -0.1) is 0 Å². The zero-order valence-corrected chi connectivity index (χ0v) is 13.0. The van der Waals surface area contributed by atoms with Crippen LogP contribution >= 0.6 is 34.8 Å². The van der Waals surface area contributed by atoms with Crippen molar-refractivity contribution in [1.29, 1.82) is 0 Å². The minimum atomic E-state index is -0.414. The molecule has 0 unspecified atom stereocenters. The molecule has 2 aromatic rings. The van der Waals surface area contributed by atoms with Crippen LogP contribution in [0.1, 0.15) is 0 Å². The first-order chi connectivity index (χ1) is 10.0. The molecule has 0 heterocycles. The lowest BCUT2D eigenvalue weighted by Gasteiger charge is -2.10. The van der Waals surface area contributed by atoms with Crippen LogP contribution in [-0.2, 0) is 0 Å². The van der Waals surface area contributed by atoms with Crippen LogP contribution in [0.4, 0.5) is 10.5 Å². The van der Waals surface area contributed by atoms with Gasteiger partial charge in [0.2, 0.25) is 0 Å². The molecule has 0 aliphatic rings. The summed E-state index contributed by atoms with van der Waals surface area (Å²) >= 11 is 17.4. The van der Waals surface area contributed by atoms with E-state index in [9.17, 15) is 4.79 Å². The number of amides is 2. The number of hydrogen-bond donors (Lipinski definition) is 2. The maximum Gasteiger partial charge on any atom is 0.321 e. The van der Waals surface area contributed by atoms with Gasteiger partial charge in [-0.3, -0.25) is 0 Å². The molecule has 0 aromatic heterocycles. The third kappa shape index (κ3) is 5.01. The molecule has 0 bridgehead atoms. The summed E-state index contributed by atoms with van der Waals surface area (Å²) in [6, 6.07) is 11.2. The van der Waals surface area contributed by atoms with E-state index < -0.39 is 6.03 Å². The van der Waals surface area contributed by atoms with E-state index >= 15 is 0 Å². The van der Waals surface area contributed by atoms with Crippen LogP contribution in [0.3, 0.4) is 0 Å². The fraction of sp³-hybridized carbons (Fsp3) is 0.0714. The Bertz CT molecular complexity index is 633. The summed E-state index contributed by atoms with van der Waals surface area (Å²) in [4.78, 5) is 11.7. The van der Waals surface area contributed by atoms with E-state index in [1.54, 1.807) is 42.5 Å². The van der Waals surface area contributed by atoms with E-state index in [0.717, 1.165) is 0 Å². The van der Waals surface area contributed by atoms with Crippen LogP contribution in [-0.4, -0.2) is 12.8 Å². The van der Waals surface area contributed by atoms with Gasteiger partial charge in [0.15, 0.2) is 6.73 Å². The molecule has 0 radical (unpaired) electrons. The SMILES string of the molecule is O=C(NCOc1ccc(Cl)cc1)Nc1ccc(Cl)c(Cl)c1. The quantitative estimate of drug-likeness (QED) is 0.782. The van der Waals surface area contributed by atoms with Crippen molar-refractivity contribution in [2.45, 2.75) is 0 Å². The Hall–Kier alpha value is -1.62. The Labute approximate surface area is 137 Å². The molecule has 4 nitrogen and oxygen atoms in total. The molecule has 2 aromatic carbocycles. The third-order valence-electron chi connectivity index (χ3n) is 2.46. The Balaban J connectivity index is 1.79. The molecule has 21 heavy (non-hydrogen) atoms. The van der Waals surface area contributed by atoms with E-state index in [1.807, 2.05) is 0 Å². The van der Waals surface area contributed by atoms with Gasteiger partial charge in [0.1, 0.15) is 5.75 Å². The number of carbonyl (C=O) groups excluding carboxylic acids is 1. The van der Waals surface area contributed by atoms with Gasteiger partial charge in [0.25, 0.3) is 0 Å². The number of anilines is 1. The van der Waals surface area contributed by atoms with Crippen molar-refractivity contribution in [3.8, 4) is 5.75 Å². The molecule has 110 valence electrons. The number of benzene rings is 2. The molecule has 0 aliphatic carbocycles. The van der Waals surface area contributed by atoms with Crippen LogP contribution in [0, 0.1) is 0 Å². The highest BCUT2D eigenvalue weighted by Crippen LogP contribution is 2.24. The fourth-order valence-electron chi connectivity index (χ4n) is 1.46. The number of ether oxygens (including phenoxy) is 1. The smallest absolute Gasteiger partial charge is 0.321 e. The van der Waals surface area contributed by atoms with Crippen LogP contribution in [0.2, 0.25) is 15.1 Å². The number of halogens is 3. The summed E-state index contributed by atoms with van der Waals surface area (Å²) in [6.07, 6.45) is 0. The van der Waals surface area contributed by atoms with Crippen molar-refractivity contribution < 1.29 is 9.53 Å². The number of urea groups is 1. The highest BCUT2D eigenvalue weighted by molar-refractivity contribution is 6.42. The summed E-state index contributed by atoms with van der Waals surface area (Å²) in [5.41, 5.74) is 0.536. The summed E-state index contributed by atoms with van der Waals surface area (Å²) < 4.78 is 5.33. The minimum absolute atomic E-state index is 0.0226. The average Bonchev–Trinajstić information content (AvgIpc) is 2.45. The molecule has 2 N–H and O–H groups in total. The molecule has 0 saturated heterocycles. The Morgan fingerprint density at radius 2 is 1.71 bits per heavy atom. The number of carbonyl (C=O) groups is 1. The molecule has 0 spiro atoms. The van der Waals surface area contributed by atoms with Gasteiger partial charge in [-0.2, -0.15) is 0 Å². The Morgan fingerprint density at radius 3 is 2.38 bits per heavy atom. The van der Waals surface area contributed by atoms with Gasteiger partial charge in [-0.25, -0.2) is 4.79 Å². The summed E-state index contributed by atoms with van der Waals surface area (Å²) in [6.45, 7) is 0.0226. The van der Waals surface area contributed by atoms with E-state index in [4.69, 9.17) is 39.5 Å². The predicted octanol–water partition coefficient (Wildman–Crippen LogP) is 4.80. The normalized spacial score (nSPS) is 10.0. The third-order valence-corrected chi connectivity index (χ3v) is 3.45. The van der Waals surface area contributed by atoms with Crippen molar-refractivity contribution in [2.75, 3.05) is 12.0 Å². The molecule has 0 saturated carbocycles. The molecule has 2 amide bonds. The standard InChI is InChI=1S/C14H11Cl3N2O2/c15-9-1-4-11(5-2-9)21-8-18-14(20)19-10-3-6-12(16)13(17)7-10/h1-7H,8H2,(H2,18,19,20). The second kappa shape index (κ2) is 7.41. The number of hydrogen-bond acceptors (Lipinski definition) is 2. The maximum absolute atomic E-state index is 11.7. The van der Waals surface area contributed by atoms with Crippen molar-refractivity contribution in [2.24, 2.45) is 0 Å². The van der Waals surface area contributed by atoms with Gasteiger partial charge >= 0.3 is 6.03 Å². The zero-order valence-electron chi connectivity index (χ0n) is 10.7. The largest absolute Gasteiger partial charge is 0.473 e. The lowest BCUT2D eigenvalue weighted by atomic mass is 10.3. The van der Waals surface area contributed by atoms with Gasteiger partial charge in [0, 0.05) is 10.7 Å². The fourth-order valence-corrected chi connectivity index (χ4v) is 1.89. The number of nitrogens with one attached hydrogen (secondary N) is 2. The van der Waals surface area contributed by atoms with E-state index in [1.165, 1.54) is 0 Å². The van der Waals surface area contributed by atoms with Gasteiger partial charge in [-0.1, -0.05) is 34.8 Å². The predicted molar refractivity (Wildman–Crippen MR) is 85.6 cm³/mol. The summed E-state index contributed by atoms with van der Waals surface area (Å²) in [5.74, 6) is 0.606. The van der Waals surface area contributed by atoms with Crippen molar-refractivity contribution in [3.05, 3.63) is 57.5 Å². The van der Waals surface area contributed by atoms with Crippen LogP contribution in [0.15, 0.2) is 42.5 Å². The van der Waals surface area contributed by atoms with Crippen molar-refractivity contribution >= 4 is 46.5 Å². The first-order valence-corrected chi connectivity index (χ1v) is 7.06. The van der Waals surface area contributed by atoms with E-state index in [-0.39, 0.29) is 6.73 Å². The van der Waals surface area contributed by atoms with Gasteiger partial charge in [-0.05, 0) is 42.5 Å².